The number of pyridine rings is 1. The lowest BCUT2D eigenvalue weighted by molar-refractivity contribution is -0.167. The number of rotatable bonds is 8. The lowest BCUT2D eigenvalue weighted by Crippen LogP contribution is -2.40. The molecule has 0 bridgehead atoms. The van der Waals surface area contributed by atoms with Crippen LogP contribution in [0.1, 0.15) is 24.8 Å². The highest BCUT2D eigenvalue weighted by Gasteiger charge is 2.25. The first kappa shape index (κ1) is 21.2. The van der Waals surface area contributed by atoms with E-state index in [1.165, 1.54) is 31.5 Å². The Balaban J connectivity index is 1.72. The van der Waals surface area contributed by atoms with Crippen LogP contribution in [0.2, 0.25) is 0 Å². The van der Waals surface area contributed by atoms with Gasteiger partial charge in [0, 0.05) is 18.4 Å². The van der Waals surface area contributed by atoms with Crippen LogP contribution in [0, 0.1) is 0 Å². The van der Waals surface area contributed by atoms with Gasteiger partial charge in [-0.15, -0.1) is 0 Å². The summed E-state index contributed by atoms with van der Waals surface area (Å²) in [5.41, 5.74) is 2.56. The zero-order chi connectivity index (χ0) is 20.9. The predicted molar refractivity (Wildman–Crippen MR) is 102 cm³/mol. The summed E-state index contributed by atoms with van der Waals surface area (Å²) in [5, 5.41) is 10.5. The first-order valence-electron chi connectivity index (χ1n) is 9.10. The summed E-state index contributed by atoms with van der Waals surface area (Å²) in [6.07, 6.45) is 3.03. The van der Waals surface area contributed by atoms with E-state index in [0.29, 0.717) is 17.5 Å². The van der Waals surface area contributed by atoms with E-state index in [2.05, 4.69) is 10.4 Å². The van der Waals surface area contributed by atoms with Crippen LogP contribution in [0.4, 0.5) is 0 Å². The molecule has 29 heavy (non-hydrogen) atoms. The molecule has 2 N–H and O–H groups in total. The molecule has 0 saturated carbocycles. The second-order valence-corrected chi connectivity index (χ2v) is 8.44. The zero-order valence-electron chi connectivity index (χ0n) is 15.9. The molecule has 0 unspecified atom stereocenters. The van der Waals surface area contributed by atoms with E-state index in [1.54, 1.807) is 18.2 Å². The first-order chi connectivity index (χ1) is 13.9. The van der Waals surface area contributed by atoms with E-state index in [0.717, 1.165) is 12.8 Å². The molecule has 3 rings (SSSR count). The smallest absolute Gasteiger partial charge is 0.238 e. The minimum absolute atomic E-state index is 0.0464. The van der Waals surface area contributed by atoms with Gasteiger partial charge in [-0.2, -0.15) is 0 Å². The van der Waals surface area contributed by atoms with Crippen molar-refractivity contribution in [3.8, 4) is 5.75 Å². The van der Waals surface area contributed by atoms with Crippen LogP contribution in [0.25, 0.3) is 0 Å². The largest absolute Gasteiger partial charge is 0.497 e. The topological polar surface area (TPSA) is 118 Å². The van der Waals surface area contributed by atoms with Crippen molar-refractivity contribution >= 4 is 15.7 Å². The number of benzene rings is 1. The minimum atomic E-state index is -3.92. The number of hydrogen-bond acceptors (Lipinski definition) is 8. The van der Waals surface area contributed by atoms with Gasteiger partial charge in [0.05, 0.1) is 31.1 Å². The van der Waals surface area contributed by atoms with Crippen LogP contribution in [0.3, 0.4) is 0 Å². The van der Waals surface area contributed by atoms with E-state index < -0.39 is 15.7 Å². The van der Waals surface area contributed by atoms with E-state index in [9.17, 15) is 18.4 Å². The summed E-state index contributed by atoms with van der Waals surface area (Å²) in [6, 6.07) is 9.01. The Morgan fingerprint density at radius 2 is 2.10 bits per heavy atom. The van der Waals surface area contributed by atoms with Crippen molar-refractivity contribution < 1.29 is 27.9 Å². The average molecular weight is 421 g/mol. The lowest BCUT2D eigenvalue weighted by Gasteiger charge is -2.18. The average Bonchev–Trinajstić information content (AvgIpc) is 3.21. The molecule has 1 fully saturated rings. The number of carbonyl (C=O) groups excluding carboxylic acids is 1. The first-order valence-corrected chi connectivity index (χ1v) is 10.6. The van der Waals surface area contributed by atoms with Gasteiger partial charge in [0.1, 0.15) is 5.75 Å². The molecule has 1 aromatic carbocycles. The van der Waals surface area contributed by atoms with E-state index in [4.69, 9.17) is 9.47 Å². The van der Waals surface area contributed by atoms with Gasteiger partial charge in [-0.1, -0.05) is 11.2 Å². The predicted octanol–water partition coefficient (Wildman–Crippen LogP) is 1.71. The van der Waals surface area contributed by atoms with Crippen LogP contribution < -0.4 is 10.2 Å². The molecule has 9 nitrogen and oxygen atoms in total. The number of hydrogen-bond donors (Lipinski definition) is 2. The van der Waals surface area contributed by atoms with Crippen LogP contribution >= 0.6 is 0 Å². The summed E-state index contributed by atoms with van der Waals surface area (Å²) in [7, 11) is -2.44. The lowest BCUT2D eigenvalue weighted by atomic mass is 10.2. The quantitative estimate of drug-likeness (QED) is 0.619. The standard InChI is InChI=1S/C19H23N3O6S/c1-27-15-6-8-17(9-7-15)29(25,26)19-14(4-2-10-20-19)13-22(24)21-18(23)12-16-5-3-11-28-16/h2,4,6-10,16,24H,3,5,11-13H2,1H3,(H,21,23)/t16-/m0/s1. The number of aromatic nitrogens is 1. The summed E-state index contributed by atoms with van der Waals surface area (Å²) in [4.78, 5) is 16.1. The Morgan fingerprint density at radius 1 is 1.34 bits per heavy atom. The number of nitrogens with zero attached hydrogens (tertiary/aromatic N) is 2. The van der Waals surface area contributed by atoms with Crippen LogP contribution in [0.15, 0.2) is 52.5 Å². The van der Waals surface area contributed by atoms with Crippen molar-refractivity contribution in [2.45, 2.75) is 41.8 Å². The Kier molecular flexibility index (Phi) is 6.80. The third-order valence-electron chi connectivity index (χ3n) is 4.49. The summed E-state index contributed by atoms with van der Waals surface area (Å²) in [6.45, 7) is 0.374. The number of ether oxygens (including phenoxy) is 2. The van der Waals surface area contributed by atoms with Crippen molar-refractivity contribution in [1.82, 2.24) is 15.6 Å². The maximum absolute atomic E-state index is 13.0. The molecule has 0 radical (unpaired) electrons. The molecule has 2 heterocycles. The minimum Gasteiger partial charge on any atom is -0.497 e. The third-order valence-corrected chi connectivity index (χ3v) is 6.25. The molecule has 1 amide bonds. The van der Waals surface area contributed by atoms with Crippen molar-refractivity contribution in [2.24, 2.45) is 0 Å². The molecule has 0 aliphatic carbocycles. The van der Waals surface area contributed by atoms with Gasteiger partial charge in [0.2, 0.25) is 15.7 Å². The van der Waals surface area contributed by atoms with Crippen LogP contribution in [-0.2, 0) is 25.9 Å². The monoisotopic (exact) mass is 421 g/mol. The molecule has 1 aliphatic rings. The number of sulfone groups is 1. The molecule has 0 spiro atoms. The normalized spacial score (nSPS) is 16.7. The van der Waals surface area contributed by atoms with Crippen molar-refractivity contribution in [3.05, 3.63) is 48.2 Å². The van der Waals surface area contributed by atoms with Crippen LogP contribution in [-0.4, -0.2) is 49.5 Å². The number of amides is 1. The fourth-order valence-corrected chi connectivity index (χ4v) is 4.45. The second-order valence-electron chi connectivity index (χ2n) is 6.58. The van der Waals surface area contributed by atoms with Gasteiger partial charge < -0.3 is 9.47 Å². The molecular weight excluding hydrogens is 398 g/mol. The maximum Gasteiger partial charge on any atom is 0.238 e. The van der Waals surface area contributed by atoms with E-state index >= 15 is 0 Å². The maximum atomic E-state index is 13.0. The Bertz CT molecular complexity index is 943. The number of carbonyl (C=O) groups is 1. The van der Waals surface area contributed by atoms with Crippen molar-refractivity contribution in [3.63, 3.8) is 0 Å². The fraction of sp³-hybridized carbons (Fsp3) is 0.368. The molecule has 1 atom stereocenters. The van der Waals surface area contributed by atoms with Gasteiger partial charge in [-0.05, 0) is 43.2 Å². The second kappa shape index (κ2) is 9.31. The molecular formula is C19H23N3O6S. The molecule has 156 valence electrons. The molecule has 1 aliphatic heterocycles. The van der Waals surface area contributed by atoms with Gasteiger partial charge in [-0.3, -0.25) is 15.4 Å². The van der Waals surface area contributed by atoms with Crippen molar-refractivity contribution in [2.75, 3.05) is 13.7 Å². The fourth-order valence-electron chi connectivity index (χ4n) is 3.06. The Morgan fingerprint density at radius 3 is 2.76 bits per heavy atom. The van der Waals surface area contributed by atoms with E-state index in [-0.39, 0.29) is 34.6 Å². The molecule has 10 heteroatoms. The number of hydroxylamine groups is 1. The highest BCUT2D eigenvalue weighted by atomic mass is 32.2. The summed E-state index contributed by atoms with van der Waals surface area (Å²) >= 11 is 0. The SMILES string of the molecule is COc1ccc(S(=O)(=O)c2ncccc2CN(O)NC(=O)C[C@@H]2CCCO2)cc1. The summed E-state index contributed by atoms with van der Waals surface area (Å²) < 4.78 is 36.4. The zero-order valence-corrected chi connectivity index (χ0v) is 16.8. The summed E-state index contributed by atoms with van der Waals surface area (Å²) in [5.74, 6) is 0.114. The van der Waals surface area contributed by atoms with Gasteiger partial charge in [0.25, 0.3) is 0 Å². The third kappa shape index (κ3) is 5.30. The van der Waals surface area contributed by atoms with Crippen molar-refractivity contribution in [1.29, 1.82) is 0 Å². The van der Waals surface area contributed by atoms with Gasteiger partial charge in [0.15, 0.2) is 5.03 Å². The molecule has 1 aromatic heterocycles. The highest BCUT2D eigenvalue weighted by molar-refractivity contribution is 7.91. The van der Waals surface area contributed by atoms with Crippen LogP contribution in [0.5, 0.6) is 5.75 Å². The molecule has 1 saturated heterocycles. The van der Waals surface area contributed by atoms with E-state index in [1.807, 2.05) is 0 Å². The Hall–Kier alpha value is -2.53. The number of nitrogens with one attached hydrogen (secondary N) is 1. The Labute approximate surface area is 169 Å². The van der Waals surface area contributed by atoms with Gasteiger partial charge >= 0.3 is 0 Å². The molecule has 2 aromatic rings. The van der Waals surface area contributed by atoms with Gasteiger partial charge in [-0.25, -0.2) is 13.4 Å². The number of hydrazine groups is 1. The highest BCUT2D eigenvalue weighted by Crippen LogP contribution is 2.24. The number of methoxy groups -OCH3 is 1.